The Labute approximate surface area is 138 Å². The Hall–Kier alpha value is -2.95. The molecular formula is C13H13N7O3S. The van der Waals surface area contributed by atoms with E-state index in [9.17, 15) is 14.4 Å². The lowest BCUT2D eigenvalue weighted by atomic mass is 10.2. The van der Waals surface area contributed by atoms with Crippen LogP contribution in [0.2, 0.25) is 0 Å². The van der Waals surface area contributed by atoms with Crippen LogP contribution < -0.4 is 17.0 Å². The number of aromatic nitrogens is 6. The van der Waals surface area contributed by atoms with Crippen molar-refractivity contribution in [2.24, 2.45) is 14.1 Å². The Morgan fingerprint density at radius 1 is 1.25 bits per heavy atom. The van der Waals surface area contributed by atoms with Crippen molar-refractivity contribution in [1.29, 1.82) is 0 Å². The first-order valence-electron chi connectivity index (χ1n) is 6.77. The van der Waals surface area contributed by atoms with Crippen LogP contribution in [0.15, 0.2) is 27.3 Å². The Bertz CT molecular complexity index is 1070. The monoisotopic (exact) mass is 347 g/mol. The predicted octanol–water partition coefficient (Wildman–Crippen LogP) is -0.692. The Balaban J connectivity index is 1.93. The summed E-state index contributed by atoms with van der Waals surface area (Å²) in [6.07, 6.45) is 2.82. The van der Waals surface area contributed by atoms with Gasteiger partial charge in [-0.1, -0.05) is 11.8 Å². The van der Waals surface area contributed by atoms with Crippen LogP contribution in [0.1, 0.15) is 10.4 Å². The quantitative estimate of drug-likeness (QED) is 0.359. The molecule has 0 saturated carbocycles. The number of ketones is 1. The van der Waals surface area contributed by atoms with E-state index in [1.54, 1.807) is 0 Å². The molecule has 0 atom stereocenters. The lowest BCUT2D eigenvalue weighted by molar-refractivity contribution is 0.102. The van der Waals surface area contributed by atoms with Crippen molar-refractivity contribution in [3.8, 4) is 0 Å². The molecule has 3 heterocycles. The number of Topliss-reactive ketones (excluding diaryl/α,β-unsaturated/α-hetero) is 1. The highest BCUT2D eigenvalue weighted by Gasteiger charge is 2.21. The highest BCUT2D eigenvalue weighted by molar-refractivity contribution is 8.00. The highest BCUT2D eigenvalue weighted by atomic mass is 32.2. The summed E-state index contributed by atoms with van der Waals surface area (Å²) in [6.45, 7) is 0. The van der Waals surface area contributed by atoms with Crippen LogP contribution in [0.3, 0.4) is 0 Å². The van der Waals surface area contributed by atoms with E-state index in [0.29, 0.717) is 16.2 Å². The van der Waals surface area contributed by atoms with Gasteiger partial charge < -0.3 is 10.7 Å². The van der Waals surface area contributed by atoms with Crippen molar-refractivity contribution >= 4 is 34.5 Å². The molecule has 0 aromatic carbocycles. The fourth-order valence-electron chi connectivity index (χ4n) is 2.18. The molecule has 0 bridgehead atoms. The zero-order chi connectivity index (χ0) is 17.4. The molecule has 0 aliphatic heterocycles. The first-order valence-corrected chi connectivity index (χ1v) is 7.76. The highest BCUT2D eigenvalue weighted by Crippen LogP contribution is 2.22. The summed E-state index contributed by atoms with van der Waals surface area (Å²) in [4.78, 5) is 51.4. The van der Waals surface area contributed by atoms with Gasteiger partial charge in [0.1, 0.15) is 28.3 Å². The third kappa shape index (κ3) is 2.48. The number of fused-ring (bicyclic) bond motifs is 1. The molecule has 0 aliphatic rings. The molecule has 3 aromatic heterocycles. The maximum atomic E-state index is 12.5. The molecule has 0 aliphatic carbocycles. The molecule has 3 rings (SSSR count). The van der Waals surface area contributed by atoms with Gasteiger partial charge in [-0.2, -0.15) is 0 Å². The van der Waals surface area contributed by atoms with Crippen LogP contribution in [0.4, 0.5) is 5.82 Å². The van der Waals surface area contributed by atoms with Gasteiger partial charge in [0.25, 0.3) is 5.56 Å². The van der Waals surface area contributed by atoms with Crippen LogP contribution in [0.5, 0.6) is 0 Å². The molecule has 3 N–H and O–H groups in total. The standard InChI is InChI=1S/C13H13N7O3S/c1-19-9(14)7(12(22)20(2)13(19)23)6(21)3-24-11-8-10(16-4-15-8)17-5-18-11/h4-5H,3,14H2,1-2H3,(H,15,16,17,18). The van der Waals surface area contributed by atoms with E-state index >= 15 is 0 Å². The second-order valence-corrected chi connectivity index (χ2v) is 5.92. The van der Waals surface area contributed by atoms with E-state index in [-0.39, 0.29) is 17.1 Å². The second-order valence-electron chi connectivity index (χ2n) is 4.96. The number of carbonyl (C=O) groups is 1. The molecule has 0 unspecified atom stereocenters. The number of imidazole rings is 1. The first-order chi connectivity index (χ1) is 11.4. The molecule has 11 heteroatoms. The fraction of sp³-hybridized carbons (Fsp3) is 0.231. The minimum absolute atomic E-state index is 0.0667. The van der Waals surface area contributed by atoms with Gasteiger partial charge in [0.15, 0.2) is 11.4 Å². The predicted molar refractivity (Wildman–Crippen MR) is 88.1 cm³/mol. The summed E-state index contributed by atoms with van der Waals surface area (Å²) in [6, 6.07) is 0. The summed E-state index contributed by atoms with van der Waals surface area (Å²) in [5.74, 6) is -0.703. The van der Waals surface area contributed by atoms with E-state index in [4.69, 9.17) is 5.73 Å². The van der Waals surface area contributed by atoms with Gasteiger partial charge in [-0.05, 0) is 0 Å². The van der Waals surface area contributed by atoms with Crippen molar-refractivity contribution in [3.63, 3.8) is 0 Å². The summed E-state index contributed by atoms with van der Waals surface area (Å²) in [5.41, 5.74) is 5.36. The number of hydrogen-bond acceptors (Lipinski definition) is 8. The van der Waals surface area contributed by atoms with Crippen molar-refractivity contribution in [1.82, 2.24) is 29.1 Å². The minimum Gasteiger partial charge on any atom is -0.384 e. The van der Waals surface area contributed by atoms with Crippen LogP contribution in [0, 0.1) is 0 Å². The third-order valence-corrected chi connectivity index (χ3v) is 4.51. The van der Waals surface area contributed by atoms with Gasteiger partial charge in [0.2, 0.25) is 0 Å². The molecule has 24 heavy (non-hydrogen) atoms. The van der Waals surface area contributed by atoms with Crippen LogP contribution >= 0.6 is 11.8 Å². The number of nitrogens with one attached hydrogen (secondary N) is 1. The van der Waals surface area contributed by atoms with Gasteiger partial charge >= 0.3 is 5.69 Å². The van der Waals surface area contributed by atoms with E-state index < -0.39 is 17.0 Å². The topological polar surface area (TPSA) is 142 Å². The molecule has 0 spiro atoms. The van der Waals surface area contributed by atoms with Crippen molar-refractivity contribution < 1.29 is 4.79 Å². The van der Waals surface area contributed by atoms with Gasteiger partial charge in [-0.3, -0.25) is 18.7 Å². The Kier molecular flexibility index (Phi) is 3.93. The molecule has 10 nitrogen and oxygen atoms in total. The number of nitrogens with two attached hydrogens (primary N) is 1. The summed E-state index contributed by atoms with van der Waals surface area (Å²) in [5, 5.41) is 0.533. The number of carbonyl (C=O) groups excluding carboxylic acids is 1. The summed E-state index contributed by atoms with van der Waals surface area (Å²) < 4.78 is 1.92. The van der Waals surface area contributed by atoms with Crippen LogP contribution in [-0.4, -0.2) is 40.6 Å². The molecule has 124 valence electrons. The third-order valence-electron chi connectivity index (χ3n) is 3.52. The number of nitrogens with zero attached hydrogens (tertiary/aromatic N) is 5. The van der Waals surface area contributed by atoms with E-state index in [0.717, 1.165) is 20.9 Å². The van der Waals surface area contributed by atoms with Gasteiger partial charge in [-0.15, -0.1) is 0 Å². The number of thioether (sulfide) groups is 1. The van der Waals surface area contributed by atoms with Gasteiger partial charge in [0, 0.05) is 14.1 Å². The number of anilines is 1. The SMILES string of the molecule is Cn1c(N)c(C(=O)CSc2ncnc3nc[nH]c23)c(=O)n(C)c1=O. The fourth-order valence-corrected chi connectivity index (χ4v) is 3.01. The van der Waals surface area contributed by atoms with Crippen molar-refractivity contribution in [2.45, 2.75) is 5.03 Å². The normalized spacial score (nSPS) is 11.1. The largest absolute Gasteiger partial charge is 0.384 e. The molecule has 0 saturated heterocycles. The first kappa shape index (κ1) is 15.9. The number of H-pyrrole nitrogens is 1. The zero-order valence-corrected chi connectivity index (χ0v) is 13.6. The van der Waals surface area contributed by atoms with E-state index in [1.807, 2.05) is 0 Å². The number of hydrogen-bond donors (Lipinski definition) is 2. The average Bonchev–Trinajstić information content (AvgIpc) is 3.05. The lowest BCUT2D eigenvalue weighted by Gasteiger charge is -2.10. The molecular weight excluding hydrogens is 334 g/mol. The second kappa shape index (κ2) is 5.92. The molecule has 0 radical (unpaired) electrons. The molecule has 0 fully saturated rings. The molecule has 3 aromatic rings. The van der Waals surface area contributed by atoms with Gasteiger partial charge in [-0.25, -0.2) is 19.7 Å². The van der Waals surface area contributed by atoms with Crippen LogP contribution in [-0.2, 0) is 14.1 Å². The van der Waals surface area contributed by atoms with Crippen LogP contribution in [0.25, 0.3) is 11.2 Å². The number of aromatic amines is 1. The summed E-state index contributed by atoms with van der Waals surface area (Å²) >= 11 is 1.13. The number of rotatable bonds is 4. The lowest BCUT2D eigenvalue weighted by Crippen LogP contribution is -2.41. The Morgan fingerprint density at radius 3 is 2.75 bits per heavy atom. The Morgan fingerprint density at radius 2 is 2.00 bits per heavy atom. The average molecular weight is 347 g/mol. The maximum Gasteiger partial charge on any atom is 0.332 e. The maximum absolute atomic E-state index is 12.5. The van der Waals surface area contributed by atoms with E-state index in [1.165, 1.54) is 26.7 Å². The summed E-state index contributed by atoms with van der Waals surface area (Å²) in [7, 11) is 2.70. The zero-order valence-electron chi connectivity index (χ0n) is 12.8. The van der Waals surface area contributed by atoms with Gasteiger partial charge in [0.05, 0.1) is 12.1 Å². The molecule has 0 amide bonds. The van der Waals surface area contributed by atoms with Crippen molar-refractivity contribution in [2.75, 3.05) is 11.5 Å². The smallest absolute Gasteiger partial charge is 0.332 e. The minimum atomic E-state index is -0.712. The van der Waals surface area contributed by atoms with Crippen molar-refractivity contribution in [3.05, 3.63) is 39.1 Å². The number of nitrogen functional groups attached to an aromatic ring is 1. The van der Waals surface area contributed by atoms with E-state index in [2.05, 4.69) is 19.9 Å².